The molecule has 3 amide bonds. The molecular weight excluding hydrogens is 558 g/mol. The maximum Gasteiger partial charge on any atom is 0.408 e. The number of ether oxygens (including phenoxy) is 1. The Balaban J connectivity index is 1.73. The zero-order valence-electron chi connectivity index (χ0n) is 25.6. The van der Waals surface area contributed by atoms with Gasteiger partial charge in [-0.05, 0) is 80.8 Å². The van der Waals surface area contributed by atoms with Gasteiger partial charge in [-0.1, -0.05) is 60.7 Å². The Hall–Kier alpha value is -5.05. The topological polar surface area (TPSA) is 128 Å². The third-order valence-corrected chi connectivity index (χ3v) is 7.13. The number of nitrogens with one attached hydrogen (secondary N) is 2. The van der Waals surface area contributed by atoms with Crippen molar-refractivity contribution >= 4 is 34.4 Å². The lowest BCUT2D eigenvalue weighted by molar-refractivity contribution is -0.140. The predicted molar refractivity (Wildman–Crippen MR) is 171 cm³/mol. The largest absolute Gasteiger partial charge is 0.508 e. The molecule has 2 unspecified atom stereocenters. The number of likely N-dealkylation sites (N-methyl/N-ethyl adjacent to an activating group) is 1. The average molecular weight is 598 g/mol. The van der Waals surface area contributed by atoms with Crippen molar-refractivity contribution in [2.75, 3.05) is 11.9 Å². The van der Waals surface area contributed by atoms with Gasteiger partial charge in [-0.2, -0.15) is 0 Å². The number of nitrogens with zero attached hydrogens (tertiary/aromatic N) is 1. The molecular formula is C35H39N3O6. The first-order chi connectivity index (χ1) is 20.9. The minimum absolute atomic E-state index is 0.0623. The lowest BCUT2D eigenvalue weighted by atomic mass is 9.98. The van der Waals surface area contributed by atoms with Crippen molar-refractivity contribution in [3.63, 3.8) is 0 Å². The average Bonchev–Trinajstić information content (AvgIpc) is 2.97. The summed E-state index contributed by atoms with van der Waals surface area (Å²) in [5.41, 5.74) is 1.18. The first-order valence-electron chi connectivity index (χ1n) is 14.5. The van der Waals surface area contributed by atoms with Gasteiger partial charge in [0.05, 0.1) is 0 Å². The van der Waals surface area contributed by atoms with Crippen LogP contribution < -0.4 is 10.6 Å². The van der Waals surface area contributed by atoms with Crippen molar-refractivity contribution in [2.24, 2.45) is 0 Å². The van der Waals surface area contributed by atoms with E-state index >= 15 is 0 Å². The van der Waals surface area contributed by atoms with Crippen LogP contribution in [0.3, 0.4) is 0 Å². The van der Waals surface area contributed by atoms with Crippen LogP contribution in [0.25, 0.3) is 10.8 Å². The van der Waals surface area contributed by atoms with Gasteiger partial charge in [-0.3, -0.25) is 9.59 Å². The number of hydrogen-bond acceptors (Lipinski definition) is 6. The Kier molecular flexibility index (Phi) is 9.78. The molecule has 230 valence electrons. The fraction of sp³-hybridized carbons (Fsp3) is 0.286. The molecule has 4 rings (SSSR count). The summed E-state index contributed by atoms with van der Waals surface area (Å²) in [6, 6.07) is 22.2. The Bertz CT molecular complexity index is 1640. The van der Waals surface area contributed by atoms with Crippen LogP contribution in [0, 0.1) is 6.92 Å². The first-order valence-corrected chi connectivity index (χ1v) is 14.5. The van der Waals surface area contributed by atoms with E-state index in [1.54, 1.807) is 71.0 Å². The Labute approximate surface area is 257 Å². The molecule has 9 heteroatoms. The number of benzene rings is 4. The number of carbonyl (C=O) groups is 3. The summed E-state index contributed by atoms with van der Waals surface area (Å²) in [6.07, 6.45) is -0.727. The van der Waals surface area contributed by atoms with E-state index in [0.717, 1.165) is 10.8 Å². The summed E-state index contributed by atoms with van der Waals surface area (Å²) in [5, 5.41) is 28.4. The number of anilines is 1. The SMILES string of the molecule is CCN(C(=O)C(Cc1ccc(O)cc1)NC(=O)OC(C)(C)C)C(C(=O)Nc1ccc2ccccc2c1)c1cccc(C)c1O. The van der Waals surface area contributed by atoms with Crippen LogP contribution in [-0.2, 0) is 20.7 Å². The molecule has 4 aromatic rings. The molecule has 0 aliphatic rings. The molecule has 9 nitrogen and oxygen atoms in total. The summed E-state index contributed by atoms with van der Waals surface area (Å²) >= 11 is 0. The van der Waals surface area contributed by atoms with E-state index in [1.807, 2.05) is 36.4 Å². The lowest BCUT2D eigenvalue weighted by Crippen LogP contribution is -2.53. The van der Waals surface area contributed by atoms with Crippen LogP contribution in [0.5, 0.6) is 11.5 Å². The number of carbonyl (C=O) groups excluding carboxylic acids is 3. The molecule has 0 spiro atoms. The number of phenols is 2. The summed E-state index contributed by atoms with van der Waals surface area (Å²) in [6.45, 7) is 8.68. The van der Waals surface area contributed by atoms with Crippen LogP contribution in [-0.4, -0.2) is 51.2 Å². The molecule has 0 heterocycles. The van der Waals surface area contributed by atoms with E-state index in [-0.39, 0.29) is 30.0 Å². The third kappa shape index (κ3) is 7.86. The van der Waals surface area contributed by atoms with Crippen LogP contribution >= 0.6 is 0 Å². The van der Waals surface area contributed by atoms with Crippen LogP contribution in [0.15, 0.2) is 84.9 Å². The Morgan fingerprint density at radius 2 is 1.57 bits per heavy atom. The number of hydrogen-bond donors (Lipinski definition) is 4. The molecule has 0 aliphatic heterocycles. The lowest BCUT2D eigenvalue weighted by Gasteiger charge is -2.34. The highest BCUT2D eigenvalue weighted by atomic mass is 16.6. The van der Waals surface area contributed by atoms with Crippen LogP contribution in [0.1, 0.15) is 50.4 Å². The van der Waals surface area contributed by atoms with E-state index in [9.17, 15) is 24.6 Å². The van der Waals surface area contributed by atoms with Gasteiger partial charge in [0, 0.05) is 24.2 Å². The summed E-state index contributed by atoms with van der Waals surface area (Å²) in [4.78, 5) is 42.7. The summed E-state index contributed by atoms with van der Waals surface area (Å²) < 4.78 is 5.45. The van der Waals surface area contributed by atoms with Gasteiger partial charge in [-0.15, -0.1) is 0 Å². The first kappa shape index (κ1) is 31.9. The van der Waals surface area contributed by atoms with Crippen molar-refractivity contribution in [2.45, 2.75) is 58.7 Å². The van der Waals surface area contributed by atoms with Gasteiger partial charge in [-0.25, -0.2) is 4.79 Å². The second-order valence-corrected chi connectivity index (χ2v) is 11.7. The highest BCUT2D eigenvalue weighted by molar-refractivity contribution is 6.00. The normalized spacial score (nSPS) is 12.7. The van der Waals surface area contributed by atoms with Crippen molar-refractivity contribution < 1.29 is 29.3 Å². The van der Waals surface area contributed by atoms with Crippen LogP contribution in [0.2, 0.25) is 0 Å². The zero-order valence-corrected chi connectivity index (χ0v) is 25.6. The maximum absolute atomic E-state index is 14.3. The molecule has 0 saturated heterocycles. The monoisotopic (exact) mass is 597 g/mol. The van der Waals surface area contributed by atoms with Gasteiger partial charge in [0.25, 0.3) is 5.91 Å². The zero-order chi connectivity index (χ0) is 32.0. The standard InChI is InChI=1S/C35H39N3O6/c1-6-38(33(42)29(37-34(43)44-35(3,4)5)20-23-14-18-27(39)19-15-23)30(28-13-9-10-22(2)31(28)40)32(41)36-26-17-16-24-11-7-8-12-25(24)21-26/h7-19,21,29-30,39-40H,6,20H2,1-5H3,(H,36,41)(H,37,43). The number of alkyl carbamates (subject to hydrolysis) is 1. The Morgan fingerprint density at radius 3 is 2.23 bits per heavy atom. The number of phenolic OH excluding ortho intramolecular Hbond substituents is 2. The quantitative estimate of drug-likeness (QED) is 0.181. The molecule has 4 aromatic carbocycles. The smallest absolute Gasteiger partial charge is 0.408 e. The summed E-state index contributed by atoms with van der Waals surface area (Å²) in [7, 11) is 0. The van der Waals surface area contributed by atoms with Gasteiger partial charge in [0.15, 0.2) is 0 Å². The highest BCUT2D eigenvalue weighted by Crippen LogP contribution is 2.33. The fourth-order valence-electron chi connectivity index (χ4n) is 5.01. The number of amides is 3. The predicted octanol–water partition coefficient (Wildman–Crippen LogP) is 6.22. The number of rotatable bonds is 9. The van der Waals surface area contributed by atoms with Crippen molar-refractivity contribution in [3.8, 4) is 11.5 Å². The molecule has 44 heavy (non-hydrogen) atoms. The van der Waals surface area contributed by atoms with Crippen molar-refractivity contribution in [3.05, 3.63) is 102 Å². The third-order valence-electron chi connectivity index (χ3n) is 7.13. The van der Waals surface area contributed by atoms with Crippen molar-refractivity contribution in [1.82, 2.24) is 10.2 Å². The highest BCUT2D eigenvalue weighted by Gasteiger charge is 2.37. The van der Waals surface area contributed by atoms with Gasteiger partial charge < -0.3 is 30.5 Å². The molecule has 2 atom stereocenters. The molecule has 4 N–H and O–H groups in total. The van der Waals surface area contributed by atoms with Gasteiger partial charge in [0.1, 0.15) is 29.2 Å². The molecule has 0 fully saturated rings. The number of aromatic hydroxyl groups is 2. The summed E-state index contributed by atoms with van der Waals surface area (Å²) in [5.74, 6) is -1.12. The second-order valence-electron chi connectivity index (χ2n) is 11.7. The minimum Gasteiger partial charge on any atom is -0.508 e. The molecule has 0 bridgehead atoms. The van der Waals surface area contributed by atoms with Gasteiger partial charge in [0.2, 0.25) is 5.91 Å². The van der Waals surface area contributed by atoms with E-state index in [0.29, 0.717) is 16.8 Å². The van der Waals surface area contributed by atoms with Gasteiger partial charge >= 0.3 is 6.09 Å². The van der Waals surface area contributed by atoms with E-state index in [2.05, 4.69) is 10.6 Å². The number of fused-ring (bicyclic) bond motifs is 1. The number of aryl methyl sites for hydroxylation is 1. The van der Waals surface area contributed by atoms with E-state index in [1.165, 1.54) is 17.0 Å². The second kappa shape index (κ2) is 13.5. The maximum atomic E-state index is 14.3. The van der Waals surface area contributed by atoms with Crippen molar-refractivity contribution in [1.29, 1.82) is 0 Å². The van der Waals surface area contributed by atoms with E-state index in [4.69, 9.17) is 4.74 Å². The molecule has 0 radical (unpaired) electrons. The number of para-hydroxylation sites is 1. The minimum atomic E-state index is -1.23. The van der Waals surface area contributed by atoms with E-state index < -0.39 is 35.6 Å². The fourth-order valence-corrected chi connectivity index (χ4v) is 5.01. The molecule has 0 saturated carbocycles. The van der Waals surface area contributed by atoms with Crippen LogP contribution in [0.4, 0.5) is 10.5 Å². The molecule has 0 aliphatic carbocycles. The molecule has 0 aromatic heterocycles. The Morgan fingerprint density at radius 1 is 0.886 bits per heavy atom.